The number of thiazole rings is 1. The molecule has 0 saturated carbocycles. The van der Waals surface area contributed by atoms with Gasteiger partial charge in [-0.2, -0.15) is 0 Å². The number of rotatable bonds is 20. The normalized spacial score (nSPS) is 19.1. The molecule has 9 rings (SSSR count). The first-order valence-electron chi connectivity index (χ1n) is 23.9. The van der Waals surface area contributed by atoms with E-state index in [1.54, 1.807) is 34.7 Å². The van der Waals surface area contributed by atoms with Gasteiger partial charge in [0.05, 0.1) is 57.2 Å². The number of hydrogen-bond acceptors (Lipinski definition) is 15. The summed E-state index contributed by atoms with van der Waals surface area (Å²) in [7, 11) is 0. The average molecular weight is 976 g/mol. The van der Waals surface area contributed by atoms with Crippen molar-refractivity contribution in [3.8, 4) is 0 Å². The Balaban J connectivity index is 0.622. The highest BCUT2D eigenvalue weighted by molar-refractivity contribution is 7.13. The molecule has 3 fully saturated rings. The first kappa shape index (κ1) is 48.4. The largest absolute Gasteiger partial charge is 0.382 e. The van der Waals surface area contributed by atoms with Gasteiger partial charge in [-0.3, -0.25) is 54.0 Å². The van der Waals surface area contributed by atoms with Gasteiger partial charge in [-0.1, -0.05) is 42.5 Å². The third kappa shape index (κ3) is 10.9. The first-order valence-corrected chi connectivity index (χ1v) is 24.8. The lowest BCUT2D eigenvalue weighted by Crippen LogP contribution is -2.54. The van der Waals surface area contributed by atoms with Crippen molar-refractivity contribution in [2.75, 3.05) is 101 Å². The number of ether oxygens (including phenoxy) is 3. The van der Waals surface area contributed by atoms with Crippen LogP contribution in [-0.4, -0.2) is 163 Å². The van der Waals surface area contributed by atoms with Crippen LogP contribution in [0.4, 0.5) is 16.5 Å². The van der Waals surface area contributed by atoms with E-state index in [0.29, 0.717) is 94.7 Å². The average Bonchev–Trinajstić information content (AvgIpc) is 4.08. The number of carbonyl (C=O) groups excluding carboxylic acids is 7. The minimum absolute atomic E-state index is 0.0542. The Morgan fingerprint density at radius 2 is 1.51 bits per heavy atom. The fourth-order valence-electron chi connectivity index (χ4n) is 9.89. The molecular weight excluding hydrogens is 919 g/mol. The van der Waals surface area contributed by atoms with Gasteiger partial charge in [0.2, 0.25) is 17.7 Å². The number of benzene rings is 3. The van der Waals surface area contributed by atoms with Gasteiger partial charge in [-0.15, -0.1) is 11.3 Å². The van der Waals surface area contributed by atoms with Crippen molar-refractivity contribution in [2.45, 2.75) is 56.8 Å². The molecule has 1 aromatic heterocycles. The molecule has 5 aliphatic rings. The number of fused-ring (bicyclic) bond motifs is 2. The molecule has 0 spiro atoms. The van der Waals surface area contributed by atoms with E-state index >= 15 is 0 Å². The summed E-state index contributed by atoms with van der Waals surface area (Å²) in [5, 5.41) is 10.5. The number of nitrogens with zero attached hydrogens (tertiary/aromatic N) is 6. The number of hydrogen-bond donors (Lipinski definition) is 3. The maximum absolute atomic E-state index is 14.0. The van der Waals surface area contributed by atoms with Gasteiger partial charge >= 0.3 is 0 Å². The molecule has 3 aromatic carbocycles. The molecule has 0 radical (unpaired) electrons. The fraction of sp³-hybridized carbons (Fsp3) is 0.440. The van der Waals surface area contributed by atoms with Crippen LogP contribution in [0.25, 0.3) is 0 Å². The number of anilines is 3. The summed E-state index contributed by atoms with van der Waals surface area (Å²) in [5.41, 5.74) is 4.15. The number of piperazine rings is 1. The molecule has 2 unspecified atom stereocenters. The number of nitrogens with one attached hydrogen (secondary N) is 3. The minimum atomic E-state index is -1.03. The van der Waals surface area contributed by atoms with Gasteiger partial charge in [-0.05, 0) is 54.7 Å². The van der Waals surface area contributed by atoms with E-state index in [0.717, 1.165) is 60.7 Å². The lowest BCUT2D eigenvalue weighted by Gasteiger charge is -2.43. The van der Waals surface area contributed by atoms with Crippen molar-refractivity contribution in [3.05, 3.63) is 106 Å². The Kier molecular flexibility index (Phi) is 15.5. The zero-order chi connectivity index (χ0) is 48.6. The summed E-state index contributed by atoms with van der Waals surface area (Å²) < 4.78 is 17.0. The molecule has 20 heteroatoms. The predicted octanol–water partition coefficient (Wildman–Crippen LogP) is 3.55. The molecule has 0 bridgehead atoms. The zero-order valence-corrected chi connectivity index (χ0v) is 39.7. The van der Waals surface area contributed by atoms with Crippen molar-refractivity contribution in [3.63, 3.8) is 0 Å². The van der Waals surface area contributed by atoms with Crippen LogP contribution in [0.15, 0.2) is 78.3 Å². The van der Waals surface area contributed by atoms with E-state index < -0.39 is 35.7 Å². The summed E-state index contributed by atoms with van der Waals surface area (Å²) in [4.78, 5) is 104. The van der Waals surface area contributed by atoms with Crippen molar-refractivity contribution in [1.82, 2.24) is 29.9 Å². The summed E-state index contributed by atoms with van der Waals surface area (Å²) in [6.07, 6.45) is 4.05. The number of carbonyl (C=O) groups is 7. The van der Waals surface area contributed by atoms with Gasteiger partial charge in [0, 0.05) is 93.3 Å². The van der Waals surface area contributed by atoms with E-state index in [9.17, 15) is 33.6 Å². The van der Waals surface area contributed by atoms with E-state index in [2.05, 4.69) is 36.8 Å². The fourth-order valence-corrected chi connectivity index (χ4v) is 10.4. The van der Waals surface area contributed by atoms with Crippen LogP contribution in [0.1, 0.15) is 80.3 Å². The minimum Gasteiger partial charge on any atom is -0.382 e. The molecule has 4 aromatic rings. The van der Waals surface area contributed by atoms with Gasteiger partial charge in [0.25, 0.3) is 23.6 Å². The monoisotopic (exact) mass is 975 g/mol. The van der Waals surface area contributed by atoms with Crippen molar-refractivity contribution in [2.24, 2.45) is 0 Å². The van der Waals surface area contributed by atoms with E-state index in [4.69, 9.17) is 14.2 Å². The van der Waals surface area contributed by atoms with E-state index in [1.807, 2.05) is 47.4 Å². The van der Waals surface area contributed by atoms with Crippen molar-refractivity contribution in [1.29, 1.82) is 0 Å². The molecule has 6 heterocycles. The van der Waals surface area contributed by atoms with E-state index in [-0.39, 0.29) is 41.7 Å². The van der Waals surface area contributed by atoms with Crippen LogP contribution >= 0.6 is 11.3 Å². The highest BCUT2D eigenvalue weighted by Crippen LogP contribution is 2.36. The van der Waals surface area contributed by atoms with Crippen LogP contribution < -0.4 is 20.9 Å². The van der Waals surface area contributed by atoms with Crippen LogP contribution in [0, 0.1) is 0 Å². The van der Waals surface area contributed by atoms with Crippen LogP contribution in [-0.2, 0) is 39.9 Å². The molecule has 19 nitrogen and oxygen atoms in total. The molecule has 3 N–H and O–H groups in total. The Bertz CT molecular complexity index is 2570. The van der Waals surface area contributed by atoms with Gasteiger partial charge in [0.15, 0.2) is 5.13 Å². The van der Waals surface area contributed by atoms with Gasteiger partial charge < -0.3 is 34.2 Å². The summed E-state index contributed by atoms with van der Waals surface area (Å²) in [5.74, 6) is -2.58. The number of amides is 7. The summed E-state index contributed by atoms with van der Waals surface area (Å²) >= 11 is 1.33. The van der Waals surface area contributed by atoms with Crippen LogP contribution in [0.3, 0.4) is 0 Å². The molecule has 3 saturated heterocycles. The van der Waals surface area contributed by atoms with Crippen LogP contribution in [0.2, 0.25) is 0 Å². The molecule has 0 aliphatic carbocycles. The van der Waals surface area contributed by atoms with Gasteiger partial charge in [0.1, 0.15) is 12.1 Å². The van der Waals surface area contributed by atoms with E-state index in [1.165, 1.54) is 11.3 Å². The lowest BCUT2D eigenvalue weighted by atomic mass is 10.0. The smallest absolute Gasteiger partial charge is 0.264 e. The number of piperidine rings is 2. The molecule has 5 aliphatic heterocycles. The Labute approximate surface area is 409 Å². The molecular formula is C50H57N9O10S. The molecule has 7 amide bonds. The van der Waals surface area contributed by atoms with Gasteiger partial charge in [-0.25, -0.2) is 4.98 Å². The second-order valence-corrected chi connectivity index (χ2v) is 18.6. The second kappa shape index (κ2) is 22.4. The van der Waals surface area contributed by atoms with Crippen molar-refractivity contribution >= 4 is 69.2 Å². The summed E-state index contributed by atoms with van der Waals surface area (Å²) in [6, 6.07) is 19.0. The molecule has 368 valence electrons. The molecule has 70 heavy (non-hydrogen) atoms. The standard InChI is InChI=1S/C50H57N9O10S/c60-41-12-11-40(45(62)53-41)59-48(65)37-7-4-8-39(43(37)49(59)66)51-16-25-68-27-29-69-28-26-67-24-15-42(61)57-22-20-56(21-23-57)35-13-18-55(19-14-35)36-10-9-34-32-58(47(64)38(34)31-36)44(33-5-2-1-3-6-33)46(63)54-50-52-17-30-70-50/h1-10,17,30-31,35,40,44,51H,11-16,18-29,32H2,(H,52,54,63)(H,53,60,62). The zero-order valence-electron chi connectivity index (χ0n) is 38.8. The Hall–Kier alpha value is -6.58. The predicted molar refractivity (Wildman–Crippen MR) is 258 cm³/mol. The third-order valence-corrected chi connectivity index (χ3v) is 14.2. The number of aromatic nitrogens is 1. The Morgan fingerprint density at radius 1 is 0.771 bits per heavy atom. The molecule has 2 atom stereocenters. The Morgan fingerprint density at radius 3 is 2.24 bits per heavy atom. The van der Waals surface area contributed by atoms with Crippen LogP contribution in [0.5, 0.6) is 0 Å². The SMILES string of the molecule is O=C1CCC(N2C(=O)c3cccc(NCCOCCOCCOCCC(=O)N4CCN(C5CCN(c6ccc7c(c6)C(=O)N(C(C(=O)Nc6nccs6)c6ccccc6)C7)CC5)CC4)c3C2=O)C(=O)N1. The maximum atomic E-state index is 14.0. The lowest BCUT2D eigenvalue weighted by molar-refractivity contribution is -0.136. The number of imide groups is 2. The quantitative estimate of drug-likeness (QED) is 0.0855. The topological polar surface area (TPSA) is 212 Å². The second-order valence-electron chi connectivity index (χ2n) is 17.7. The third-order valence-electron chi connectivity index (χ3n) is 13.5. The van der Waals surface area contributed by atoms with Crippen molar-refractivity contribution < 1.29 is 47.8 Å². The maximum Gasteiger partial charge on any atom is 0.264 e. The first-order chi connectivity index (χ1) is 34.1. The summed E-state index contributed by atoms with van der Waals surface area (Å²) in [6.45, 7) is 7.46. The highest BCUT2D eigenvalue weighted by Gasteiger charge is 2.46. The highest BCUT2D eigenvalue weighted by atomic mass is 32.1.